The van der Waals surface area contributed by atoms with Crippen LogP contribution in [0, 0.1) is 6.92 Å². The van der Waals surface area contributed by atoms with Gasteiger partial charge in [0.15, 0.2) is 4.67 Å². The van der Waals surface area contributed by atoms with E-state index in [2.05, 4.69) is 15.9 Å². The lowest BCUT2D eigenvalue weighted by atomic mass is 10.1. The topological polar surface area (TPSA) is 59.5 Å². The van der Waals surface area contributed by atoms with Gasteiger partial charge in [0.1, 0.15) is 5.76 Å². The minimum absolute atomic E-state index is 0.117. The Morgan fingerprint density at radius 3 is 2.74 bits per heavy atom. The monoisotopic (exact) mass is 322 g/mol. The molecule has 1 amide bonds. The third-order valence-corrected chi connectivity index (χ3v) is 3.23. The molecule has 0 atom stereocenters. The lowest BCUT2D eigenvalue weighted by molar-refractivity contribution is 0.0776. The molecule has 0 saturated heterocycles. The number of carbonyl (C=O) groups is 1. The number of aryl methyl sites for hydroxylation is 1. The number of furan rings is 1. The number of rotatable bonds is 3. The van der Waals surface area contributed by atoms with Crippen LogP contribution in [0.1, 0.15) is 21.7 Å². The van der Waals surface area contributed by atoms with Gasteiger partial charge in [0, 0.05) is 12.7 Å². The minimum Gasteiger partial charge on any atom is -0.452 e. The molecule has 0 unspecified atom stereocenters. The average Bonchev–Trinajstić information content (AvgIpc) is 2.77. The number of nitrogens with zero attached hydrogens (tertiary/aromatic N) is 1. The first kappa shape index (κ1) is 13.7. The van der Waals surface area contributed by atoms with E-state index in [0.29, 0.717) is 28.2 Å². The lowest BCUT2D eigenvalue weighted by Crippen LogP contribution is -2.26. The van der Waals surface area contributed by atoms with Crippen molar-refractivity contribution in [3.63, 3.8) is 0 Å². The van der Waals surface area contributed by atoms with Gasteiger partial charge in [-0.25, -0.2) is 0 Å². The molecule has 19 heavy (non-hydrogen) atoms. The van der Waals surface area contributed by atoms with E-state index in [1.165, 1.54) is 0 Å². The van der Waals surface area contributed by atoms with Crippen LogP contribution in [0.3, 0.4) is 0 Å². The smallest absolute Gasteiger partial charge is 0.256 e. The normalized spacial score (nSPS) is 10.5. The van der Waals surface area contributed by atoms with Crippen LogP contribution < -0.4 is 5.73 Å². The maximum atomic E-state index is 12.3. The molecular formula is C14H15BrN2O2. The molecule has 0 aliphatic rings. The van der Waals surface area contributed by atoms with Crippen molar-refractivity contribution in [3.05, 3.63) is 51.9 Å². The first-order valence-corrected chi connectivity index (χ1v) is 6.62. The molecule has 2 aromatic rings. The third-order valence-electron chi connectivity index (χ3n) is 2.81. The molecule has 1 heterocycles. The zero-order chi connectivity index (χ0) is 14.0. The van der Waals surface area contributed by atoms with Crippen LogP contribution in [0.4, 0.5) is 5.69 Å². The molecule has 2 rings (SSSR count). The highest BCUT2D eigenvalue weighted by atomic mass is 79.9. The maximum Gasteiger partial charge on any atom is 0.256 e. The first-order valence-electron chi connectivity index (χ1n) is 5.83. The molecule has 0 aliphatic heterocycles. The number of halogens is 1. The molecule has 1 aromatic heterocycles. The fraction of sp³-hybridized carbons (Fsp3) is 0.214. The summed E-state index contributed by atoms with van der Waals surface area (Å²) >= 11 is 3.24. The standard InChI is InChI=1S/C14H15BrN2O2/c1-9-3-5-12(16)11(7-9)14(18)17(2)8-10-4-6-13(15)19-10/h3-7H,8,16H2,1-2H3. The Balaban J connectivity index is 2.16. The summed E-state index contributed by atoms with van der Waals surface area (Å²) in [5, 5.41) is 0. The average molecular weight is 323 g/mol. The number of anilines is 1. The van der Waals surface area contributed by atoms with Crippen molar-refractivity contribution in [2.24, 2.45) is 0 Å². The number of hydrogen-bond donors (Lipinski definition) is 1. The van der Waals surface area contributed by atoms with Crippen LogP contribution >= 0.6 is 15.9 Å². The fourth-order valence-corrected chi connectivity index (χ4v) is 2.14. The van der Waals surface area contributed by atoms with Gasteiger partial charge in [-0.15, -0.1) is 0 Å². The Morgan fingerprint density at radius 1 is 1.37 bits per heavy atom. The third kappa shape index (κ3) is 3.17. The molecule has 0 saturated carbocycles. The number of nitrogens with two attached hydrogens (primary N) is 1. The zero-order valence-corrected chi connectivity index (χ0v) is 12.4. The molecule has 0 radical (unpaired) electrons. The van der Waals surface area contributed by atoms with Crippen molar-refractivity contribution in [3.8, 4) is 0 Å². The van der Waals surface area contributed by atoms with E-state index in [1.807, 2.05) is 19.1 Å². The molecule has 0 bridgehead atoms. The highest BCUT2D eigenvalue weighted by molar-refractivity contribution is 9.10. The van der Waals surface area contributed by atoms with Crippen LogP contribution in [-0.4, -0.2) is 17.9 Å². The minimum atomic E-state index is -0.117. The van der Waals surface area contributed by atoms with Crippen LogP contribution in [0.25, 0.3) is 0 Å². The second-order valence-electron chi connectivity index (χ2n) is 4.46. The molecule has 5 heteroatoms. The van der Waals surface area contributed by atoms with Gasteiger partial charge in [0.2, 0.25) is 0 Å². The zero-order valence-electron chi connectivity index (χ0n) is 10.8. The SMILES string of the molecule is Cc1ccc(N)c(C(=O)N(C)Cc2ccc(Br)o2)c1. The largest absolute Gasteiger partial charge is 0.452 e. The van der Waals surface area contributed by atoms with Gasteiger partial charge in [0.25, 0.3) is 5.91 Å². The van der Waals surface area contributed by atoms with Crippen molar-refractivity contribution in [2.75, 3.05) is 12.8 Å². The number of amides is 1. The number of benzene rings is 1. The summed E-state index contributed by atoms with van der Waals surface area (Å²) in [7, 11) is 1.72. The Kier molecular flexibility index (Phi) is 3.95. The molecule has 0 aliphatic carbocycles. The van der Waals surface area contributed by atoms with Gasteiger partial charge in [0.05, 0.1) is 12.1 Å². The maximum absolute atomic E-state index is 12.3. The molecule has 100 valence electrons. The Labute approximate surface area is 120 Å². The van der Waals surface area contributed by atoms with E-state index >= 15 is 0 Å². The van der Waals surface area contributed by atoms with Crippen molar-refractivity contribution >= 4 is 27.5 Å². The molecular weight excluding hydrogens is 308 g/mol. The fourth-order valence-electron chi connectivity index (χ4n) is 1.80. The lowest BCUT2D eigenvalue weighted by Gasteiger charge is -2.17. The number of nitrogen functional groups attached to an aromatic ring is 1. The van der Waals surface area contributed by atoms with Gasteiger partial charge in [-0.3, -0.25) is 4.79 Å². The van der Waals surface area contributed by atoms with Crippen molar-refractivity contribution in [2.45, 2.75) is 13.5 Å². The second kappa shape index (κ2) is 5.48. The summed E-state index contributed by atoms with van der Waals surface area (Å²) < 4.78 is 6.04. The summed E-state index contributed by atoms with van der Waals surface area (Å²) in [5.74, 6) is 0.600. The molecule has 2 N–H and O–H groups in total. The van der Waals surface area contributed by atoms with E-state index in [1.54, 1.807) is 30.1 Å². The summed E-state index contributed by atoms with van der Waals surface area (Å²) in [6.07, 6.45) is 0. The van der Waals surface area contributed by atoms with E-state index in [4.69, 9.17) is 10.2 Å². The summed E-state index contributed by atoms with van der Waals surface area (Å²) in [5.41, 5.74) is 7.86. The highest BCUT2D eigenvalue weighted by Crippen LogP contribution is 2.19. The van der Waals surface area contributed by atoms with Gasteiger partial charge in [-0.05, 0) is 47.1 Å². The van der Waals surface area contributed by atoms with Gasteiger partial charge in [-0.2, -0.15) is 0 Å². The van der Waals surface area contributed by atoms with Gasteiger partial charge >= 0.3 is 0 Å². The quantitative estimate of drug-likeness (QED) is 0.883. The predicted octanol–water partition coefficient (Wildman–Crippen LogP) is 3.20. The van der Waals surface area contributed by atoms with Crippen molar-refractivity contribution in [1.82, 2.24) is 4.90 Å². The van der Waals surface area contributed by atoms with E-state index in [0.717, 1.165) is 5.56 Å². The van der Waals surface area contributed by atoms with Gasteiger partial charge in [-0.1, -0.05) is 11.6 Å². The van der Waals surface area contributed by atoms with Crippen molar-refractivity contribution in [1.29, 1.82) is 0 Å². The molecule has 0 fully saturated rings. The van der Waals surface area contributed by atoms with E-state index < -0.39 is 0 Å². The van der Waals surface area contributed by atoms with Gasteiger partial charge < -0.3 is 15.1 Å². The van der Waals surface area contributed by atoms with Crippen LogP contribution in [0.2, 0.25) is 0 Å². The molecule has 4 nitrogen and oxygen atoms in total. The second-order valence-corrected chi connectivity index (χ2v) is 5.24. The summed E-state index contributed by atoms with van der Waals surface area (Å²) in [6.45, 7) is 2.33. The highest BCUT2D eigenvalue weighted by Gasteiger charge is 2.16. The van der Waals surface area contributed by atoms with E-state index in [-0.39, 0.29) is 5.91 Å². The summed E-state index contributed by atoms with van der Waals surface area (Å²) in [6, 6.07) is 9.06. The molecule has 1 aromatic carbocycles. The van der Waals surface area contributed by atoms with Crippen LogP contribution in [0.5, 0.6) is 0 Å². The predicted molar refractivity (Wildman–Crippen MR) is 77.8 cm³/mol. The Morgan fingerprint density at radius 2 is 2.11 bits per heavy atom. The van der Waals surface area contributed by atoms with Crippen LogP contribution in [-0.2, 0) is 6.54 Å². The first-order chi connectivity index (χ1) is 8.97. The number of carbonyl (C=O) groups excluding carboxylic acids is 1. The van der Waals surface area contributed by atoms with E-state index in [9.17, 15) is 4.79 Å². The Bertz CT molecular complexity index is 607. The summed E-state index contributed by atoms with van der Waals surface area (Å²) in [4.78, 5) is 13.9. The Hall–Kier alpha value is -1.75. The number of hydrogen-bond acceptors (Lipinski definition) is 3. The van der Waals surface area contributed by atoms with Crippen molar-refractivity contribution < 1.29 is 9.21 Å². The molecule has 0 spiro atoms. The van der Waals surface area contributed by atoms with Crippen LogP contribution in [0.15, 0.2) is 39.4 Å².